The third-order valence-electron chi connectivity index (χ3n) is 3.68. The molecule has 4 nitrogen and oxygen atoms in total. The fourth-order valence-electron chi connectivity index (χ4n) is 2.55. The van der Waals surface area contributed by atoms with Crippen molar-refractivity contribution in [2.75, 3.05) is 19.4 Å². The van der Waals surface area contributed by atoms with Crippen molar-refractivity contribution in [3.05, 3.63) is 58.6 Å². The van der Waals surface area contributed by atoms with Crippen LogP contribution in [-0.4, -0.2) is 24.4 Å². The number of nitrogens with one attached hydrogen (secondary N) is 1. The number of thioether (sulfide) groups is 1. The zero-order valence-electron chi connectivity index (χ0n) is 13.1. The van der Waals surface area contributed by atoms with Crippen molar-refractivity contribution in [3.8, 4) is 17.0 Å². The van der Waals surface area contributed by atoms with Crippen LogP contribution in [0.15, 0.2) is 52.2 Å². The second kappa shape index (κ2) is 7.07. The number of H-pyrrole nitrogens is 1. The molecule has 3 rings (SSSR count). The third-order valence-corrected chi connectivity index (χ3v) is 4.42. The van der Waals surface area contributed by atoms with Crippen molar-refractivity contribution in [3.63, 3.8) is 0 Å². The molecule has 3 aromatic rings. The molecule has 0 bridgehead atoms. The summed E-state index contributed by atoms with van der Waals surface area (Å²) in [5.74, 6) is 0.0433. The van der Waals surface area contributed by atoms with Crippen molar-refractivity contribution in [1.82, 2.24) is 4.98 Å². The zero-order chi connectivity index (χ0) is 17.1. The monoisotopic (exact) mass is 344 g/mol. The Kier molecular flexibility index (Phi) is 4.87. The van der Waals surface area contributed by atoms with Gasteiger partial charge < -0.3 is 15.5 Å². The van der Waals surface area contributed by atoms with E-state index in [1.807, 2.05) is 30.5 Å². The van der Waals surface area contributed by atoms with Gasteiger partial charge in [-0.3, -0.25) is 4.79 Å². The second-order valence-electron chi connectivity index (χ2n) is 5.21. The van der Waals surface area contributed by atoms with Crippen LogP contribution in [0.1, 0.15) is 0 Å². The average molecular weight is 344 g/mol. The van der Waals surface area contributed by atoms with E-state index < -0.39 is 5.82 Å². The summed E-state index contributed by atoms with van der Waals surface area (Å²) in [6.07, 6.45) is 2.00. The number of hydrogen-bond acceptors (Lipinski definition) is 4. The third kappa shape index (κ3) is 3.16. The highest BCUT2D eigenvalue weighted by Gasteiger charge is 2.15. The maximum absolute atomic E-state index is 13.5. The summed E-state index contributed by atoms with van der Waals surface area (Å²) in [5.41, 5.74) is 6.58. The number of hydrogen-bond donors (Lipinski definition) is 2. The Hall–Kier alpha value is -2.31. The fraction of sp³-hybridized carbons (Fsp3) is 0.167. The summed E-state index contributed by atoms with van der Waals surface area (Å²) < 4.78 is 19.3. The zero-order valence-corrected chi connectivity index (χ0v) is 14.0. The topological polar surface area (TPSA) is 68.1 Å². The standard InChI is InChI=1S/C18H17FN2O2S/c1-24-13-5-2-11(3-6-13)16-17(23-9-8-20)14-7-4-12(19)10-15(14)18(22)21-16/h2-7,10H,8-9,20H2,1H3,(H,21,22). The molecule has 2 aromatic carbocycles. The molecule has 0 aliphatic carbocycles. The molecule has 0 saturated heterocycles. The molecule has 0 aliphatic heterocycles. The minimum Gasteiger partial charge on any atom is -0.489 e. The molecule has 0 unspecified atom stereocenters. The van der Waals surface area contributed by atoms with Crippen molar-refractivity contribution in [1.29, 1.82) is 0 Å². The molecule has 24 heavy (non-hydrogen) atoms. The first kappa shape index (κ1) is 16.5. The molecule has 6 heteroatoms. The number of pyridine rings is 1. The minimum absolute atomic E-state index is 0.256. The van der Waals surface area contributed by atoms with Crippen LogP contribution in [0, 0.1) is 5.82 Å². The number of ether oxygens (including phenoxy) is 1. The summed E-state index contributed by atoms with van der Waals surface area (Å²) >= 11 is 1.64. The SMILES string of the molecule is CSc1ccc(-c2[nH]c(=O)c3cc(F)ccc3c2OCCN)cc1. The molecule has 0 aliphatic rings. The first-order chi connectivity index (χ1) is 11.6. The highest BCUT2D eigenvalue weighted by Crippen LogP contribution is 2.34. The largest absolute Gasteiger partial charge is 0.489 e. The van der Waals surface area contributed by atoms with Gasteiger partial charge in [0.15, 0.2) is 5.75 Å². The predicted octanol–water partition coefficient (Wildman–Crippen LogP) is 3.39. The summed E-state index contributed by atoms with van der Waals surface area (Å²) in [6.45, 7) is 0.640. The molecule has 0 radical (unpaired) electrons. The van der Waals surface area contributed by atoms with Gasteiger partial charge in [0.1, 0.15) is 12.4 Å². The Bertz CT molecular complexity index is 923. The molecular weight excluding hydrogens is 327 g/mol. The van der Waals surface area contributed by atoms with E-state index in [2.05, 4.69) is 4.98 Å². The van der Waals surface area contributed by atoms with Gasteiger partial charge in [0.25, 0.3) is 5.56 Å². The van der Waals surface area contributed by atoms with Crippen molar-refractivity contribution in [2.24, 2.45) is 5.73 Å². The maximum Gasteiger partial charge on any atom is 0.256 e. The van der Waals surface area contributed by atoms with Crippen LogP contribution in [0.2, 0.25) is 0 Å². The number of rotatable bonds is 5. The van der Waals surface area contributed by atoms with E-state index in [4.69, 9.17) is 10.5 Å². The summed E-state index contributed by atoms with van der Waals surface area (Å²) in [7, 11) is 0. The van der Waals surface area contributed by atoms with Gasteiger partial charge in [0.2, 0.25) is 0 Å². The van der Waals surface area contributed by atoms with Gasteiger partial charge >= 0.3 is 0 Å². The Morgan fingerprint density at radius 3 is 2.58 bits per heavy atom. The molecule has 0 atom stereocenters. The molecule has 1 aromatic heterocycles. The fourth-order valence-corrected chi connectivity index (χ4v) is 2.95. The van der Waals surface area contributed by atoms with Gasteiger partial charge in [-0.1, -0.05) is 12.1 Å². The van der Waals surface area contributed by atoms with E-state index in [0.29, 0.717) is 30.0 Å². The normalized spacial score (nSPS) is 11.0. The van der Waals surface area contributed by atoms with Gasteiger partial charge in [-0.05, 0) is 36.6 Å². The number of fused-ring (bicyclic) bond motifs is 1. The lowest BCUT2D eigenvalue weighted by Crippen LogP contribution is -2.15. The smallest absolute Gasteiger partial charge is 0.256 e. The first-order valence-electron chi connectivity index (χ1n) is 7.47. The van der Waals surface area contributed by atoms with E-state index in [0.717, 1.165) is 10.5 Å². The number of nitrogens with two attached hydrogens (primary N) is 1. The van der Waals surface area contributed by atoms with Crippen LogP contribution in [0.25, 0.3) is 22.0 Å². The quantitative estimate of drug-likeness (QED) is 0.696. The Labute approximate surface area is 142 Å². The molecule has 0 amide bonds. The Morgan fingerprint density at radius 2 is 1.92 bits per heavy atom. The van der Waals surface area contributed by atoms with Gasteiger partial charge in [-0.2, -0.15) is 0 Å². The van der Waals surface area contributed by atoms with Crippen LogP contribution >= 0.6 is 11.8 Å². The number of aromatic nitrogens is 1. The van der Waals surface area contributed by atoms with E-state index in [-0.39, 0.29) is 10.9 Å². The molecule has 3 N–H and O–H groups in total. The minimum atomic E-state index is -0.463. The lowest BCUT2D eigenvalue weighted by molar-refractivity contribution is 0.332. The van der Waals surface area contributed by atoms with Gasteiger partial charge in [0, 0.05) is 22.4 Å². The molecule has 0 spiro atoms. The molecule has 0 fully saturated rings. The molecular formula is C18H17FN2O2S. The molecule has 1 heterocycles. The highest BCUT2D eigenvalue weighted by atomic mass is 32.2. The Morgan fingerprint density at radius 1 is 1.17 bits per heavy atom. The summed E-state index contributed by atoms with van der Waals surface area (Å²) in [6, 6.07) is 11.9. The van der Waals surface area contributed by atoms with Crippen LogP contribution in [-0.2, 0) is 0 Å². The van der Waals surface area contributed by atoms with E-state index >= 15 is 0 Å². The number of halogens is 1. The van der Waals surface area contributed by atoms with Crippen LogP contribution < -0.4 is 16.0 Å². The van der Waals surface area contributed by atoms with Crippen LogP contribution in [0.3, 0.4) is 0 Å². The highest BCUT2D eigenvalue weighted by molar-refractivity contribution is 7.98. The Balaban J connectivity index is 2.25. The lowest BCUT2D eigenvalue weighted by atomic mass is 10.1. The average Bonchev–Trinajstić information content (AvgIpc) is 2.61. The summed E-state index contributed by atoms with van der Waals surface area (Å²) in [4.78, 5) is 16.3. The first-order valence-corrected chi connectivity index (χ1v) is 8.69. The van der Waals surface area contributed by atoms with Crippen molar-refractivity contribution < 1.29 is 9.13 Å². The summed E-state index contributed by atoms with van der Waals surface area (Å²) in [5, 5.41) is 0.823. The maximum atomic E-state index is 13.5. The van der Waals surface area contributed by atoms with Gasteiger partial charge in [0.05, 0.1) is 11.1 Å². The van der Waals surface area contributed by atoms with Crippen LogP contribution in [0.4, 0.5) is 4.39 Å². The van der Waals surface area contributed by atoms with E-state index in [1.165, 1.54) is 12.1 Å². The van der Waals surface area contributed by atoms with E-state index in [1.54, 1.807) is 17.8 Å². The molecule has 0 saturated carbocycles. The van der Waals surface area contributed by atoms with Crippen molar-refractivity contribution >= 4 is 22.5 Å². The van der Waals surface area contributed by atoms with Gasteiger partial charge in [-0.25, -0.2) is 4.39 Å². The number of aromatic amines is 1. The van der Waals surface area contributed by atoms with E-state index in [9.17, 15) is 9.18 Å². The predicted molar refractivity (Wildman–Crippen MR) is 96.3 cm³/mol. The van der Waals surface area contributed by atoms with Crippen LogP contribution in [0.5, 0.6) is 5.75 Å². The van der Waals surface area contributed by atoms with Gasteiger partial charge in [-0.15, -0.1) is 11.8 Å². The number of benzene rings is 2. The molecule has 124 valence electrons. The van der Waals surface area contributed by atoms with Crippen molar-refractivity contribution in [2.45, 2.75) is 4.90 Å². The second-order valence-corrected chi connectivity index (χ2v) is 6.09. The lowest BCUT2D eigenvalue weighted by Gasteiger charge is -2.14.